The fourth-order valence-electron chi connectivity index (χ4n) is 2.48. The second-order valence-corrected chi connectivity index (χ2v) is 6.35. The number of hydrogen-bond donors (Lipinski definition) is 3. The zero-order chi connectivity index (χ0) is 18.2. The summed E-state index contributed by atoms with van der Waals surface area (Å²) in [6.45, 7) is 4.13. The molecule has 0 aliphatic rings. The van der Waals surface area contributed by atoms with Crippen molar-refractivity contribution < 1.29 is 14.6 Å². The van der Waals surface area contributed by atoms with Crippen molar-refractivity contribution in [3.63, 3.8) is 0 Å². The summed E-state index contributed by atoms with van der Waals surface area (Å²) in [6, 6.07) is 9.44. The molecule has 142 valence electrons. The van der Waals surface area contributed by atoms with Crippen molar-refractivity contribution in [1.29, 1.82) is 0 Å². The largest absolute Gasteiger partial charge is 0.491 e. The Morgan fingerprint density at radius 3 is 2.56 bits per heavy atom. The lowest BCUT2D eigenvalue weighted by Gasteiger charge is -2.13. The molecule has 1 aromatic rings. The van der Waals surface area contributed by atoms with Crippen molar-refractivity contribution in [2.45, 2.75) is 58.0 Å². The van der Waals surface area contributed by atoms with Crippen LogP contribution in [0.1, 0.15) is 51.9 Å². The first-order valence-electron chi connectivity index (χ1n) is 9.55. The molecule has 3 N–H and O–H groups in total. The van der Waals surface area contributed by atoms with Crippen LogP contribution in [0.15, 0.2) is 30.3 Å². The number of ether oxygens (including phenoxy) is 1. The third-order valence-electron chi connectivity index (χ3n) is 3.95. The van der Waals surface area contributed by atoms with Crippen LogP contribution in [-0.4, -0.2) is 43.4 Å². The van der Waals surface area contributed by atoms with Crippen molar-refractivity contribution in [2.75, 3.05) is 26.2 Å². The summed E-state index contributed by atoms with van der Waals surface area (Å²) < 4.78 is 5.48. The van der Waals surface area contributed by atoms with Gasteiger partial charge in [-0.1, -0.05) is 57.2 Å². The van der Waals surface area contributed by atoms with Gasteiger partial charge in [-0.3, -0.25) is 4.79 Å². The fraction of sp³-hybridized carbons (Fsp3) is 0.650. The molecule has 1 aromatic carbocycles. The van der Waals surface area contributed by atoms with Gasteiger partial charge in [0.2, 0.25) is 5.91 Å². The predicted molar refractivity (Wildman–Crippen MR) is 102 cm³/mol. The lowest BCUT2D eigenvalue weighted by atomic mass is 10.1. The summed E-state index contributed by atoms with van der Waals surface area (Å²) in [6.07, 6.45) is 7.20. The van der Waals surface area contributed by atoms with E-state index in [1.54, 1.807) is 0 Å². The second kappa shape index (κ2) is 14.7. The highest BCUT2D eigenvalue weighted by Gasteiger charge is 2.05. The molecule has 1 rings (SSSR count). The molecule has 25 heavy (non-hydrogen) atoms. The molecule has 0 spiro atoms. The summed E-state index contributed by atoms with van der Waals surface area (Å²) in [7, 11) is 0. The van der Waals surface area contributed by atoms with Gasteiger partial charge in [0.15, 0.2) is 0 Å². The maximum Gasteiger partial charge on any atom is 0.220 e. The number of carbonyl (C=O) groups excluding carboxylic acids is 1. The van der Waals surface area contributed by atoms with E-state index in [1.807, 2.05) is 30.3 Å². The minimum atomic E-state index is -0.570. The van der Waals surface area contributed by atoms with Crippen LogP contribution in [0.3, 0.4) is 0 Å². The van der Waals surface area contributed by atoms with E-state index in [9.17, 15) is 9.90 Å². The van der Waals surface area contributed by atoms with Gasteiger partial charge < -0.3 is 20.5 Å². The van der Waals surface area contributed by atoms with Crippen molar-refractivity contribution in [1.82, 2.24) is 10.6 Å². The molecule has 0 fully saturated rings. The maximum atomic E-state index is 11.7. The molecule has 0 aromatic heterocycles. The molecular formula is C20H34N2O3. The first-order chi connectivity index (χ1) is 12.2. The number of aliphatic hydroxyl groups excluding tert-OH is 1. The smallest absolute Gasteiger partial charge is 0.220 e. The van der Waals surface area contributed by atoms with Crippen LogP contribution < -0.4 is 15.4 Å². The molecular weight excluding hydrogens is 316 g/mol. The number of rotatable bonds is 15. The molecule has 0 saturated carbocycles. The number of aliphatic hydroxyl groups is 1. The molecule has 0 bridgehead atoms. The fourth-order valence-corrected chi connectivity index (χ4v) is 2.48. The number of carbonyl (C=O) groups is 1. The Balaban J connectivity index is 1.90. The Kier molecular flexibility index (Phi) is 12.6. The molecule has 0 heterocycles. The van der Waals surface area contributed by atoms with Crippen LogP contribution >= 0.6 is 0 Å². The van der Waals surface area contributed by atoms with Gasteiger partial charge in [-0.05, 0) is 18.6 Å². The van der Waals surface area contributed by atoms with Gasteiger partial charge in [-0.2, -0.15) is 0 Å². The van der Waals surface area contributed by atoms with Crippen LogP contribution in [0, 0.1) is 0 Å². The topological polar surface area (TPSA) is 70.6 Å². The minimum Gasteiger partial charge on any atom is -0.491 e. The highest BCUT2D eigenvalue weighted by molar-refractivity contribution is 5.75. The van der Waals surface area contributed by atoms with Crippen LogP contribution in [0.5, 0.6) is 5.75 Å². The lowest BCUT2D eigenvalue weighted by molar-refractivity contribution is -0.121. The normalized spacial score (nSPS) is 11.9. The van der Waals surface area contributed by atoms with Crippen LogP contribution in [0.4, 0.5) is 0 Å². The number of benzene rings is 1. The van der Waals surface area contributed by atoms with Gasteiger partial charge in [0, 0.05) is 26.1 Å². The summed E-state index contributed by atoms with van der Waals surface area (Å²) in [5.41, 5.74) is 0. The van der Waals surface area contributed by atoms with Gasteiger partial charge in [-0.15, -0.1) is 0 Å². The van der Waals surface area contributed by atoms with Gasteiger partial charge in [0.05, 0.1) is 0 Å². The lowest BCUT2D eigenvalue weighted by Crippen LogP contribution is -2.37. The zero-order valence-electron chi connectivity index (χ0n) is 15.5. The standard InChI is InChI=1S/C20H34N2O3/c1-2-3-4-5-6-10-13-20(24)22-15-14-21-16-18(23)17-25-19-11-8-7-9-12-19/h7-9,11-12,18,21,23H,2-6,10,13-17H2,1H3,(H,22,24)/t18-/m1/s1. The van der Waals surface area contributed by atoms with Crippen molar-refractivity contribution in [3.05, 3.63) is 30.3 Å². The molecule has 0 aliphatic carbocycles. The van der Waals surface area contributed by atoms with Crippen molar-refractivity contribution >= 4 is 5.91 Å². The zero-order valence-corrected chi connectivity index (χ0v) is 15.5. The summed E-state index contributed by atoms with van der Waals surface area (Å²) >= 11 is 0. The number of unbranched alkanes of at least 4 members (excludes halogenated alkanes) is 5. The second-order valence-electron chi connectivity index (χ2n) is 6.35. The molecule has 0 aliphatic heterocycles. The molecule has 5 nitrogen and oxygen atoms in total. The van der Waals surface area contributed by atoms with Crippen LogP contribution in [-0.2, 0) is 4.79 Å². The Morgan fingerprint density at radius 2 is 1.80 bits per heavy atom. The van der Waals surface area contributed by atoms with E-state index < -0.39 is 6.10 Å². The van der Waals surface area contributed by atoms with Gasteiger partial charge in [0.25, 0.3) is 0 Å². The van der Waals surface area contributed by atoms with E-state index in [2.05, 4.69) is 17.6 Å². The molecule has 0 unspecified atom stereocenters. The van der Waals surface area contributed by atoms with Crippen LogP contribution in [0.2, 0.25) is 0 Å². The number of nitrogens with one attached hydrogen (secondary N) is 2. The number of para-hydroxylation sites is 1. The molecule has 1 atom stereocenters. The van der Waals surface area contributed by atoms with E-state index in [1.165, 1.54) is 25.7 Å². The maximum absolute atomic E-state index is 11.7. The van der Waals surface area contributed by atoms with Gasteiger partial charge in [0.1, 0.15) is 18.5 Å². The molecule has 0 radical (unpaired) electrons. The highest BCUT2D eigenvalue weighted by atomic mass is 16.5. The molecule has 0 saturated heterocycles. The monoisotopic (exact) mass is 350 g/mol. The summed E-state index contributed by atoms with van der Waals surface area (Å²) in [5.74, 6) is 0.869. The van der Waals surface area contributed by atoms with Gasteiger partial charge in [-0.25, -0.2) is 0 Å². The molecule has 1 amide bonds. The Morgan fingerprint density at radius 1 is 1.08 bits per heavy atom. The summed E-state index contributed by atoms with van der Waals surface area (Å²) in [4.78, 5) is 11.7. The molecule has 5 heteroatoms. The minimum absolute atomic E-state index is 0.116. The Bertz CT molecular complexity index is 440. The third kappa shape index (κ3) is 12.4. The third-order valence-corrected chi connectivity index (χ3v) is 3.95. The quantitative estimate of drug-likeness (QED) is 0.425. The predicted octanol–water partition coefficient (Wildman–Crippen LogP) is 2.88. The van der Waals surface area contributed by atoms with Crippen molar-refractivity contribution in [3.8, 4) is 5.75 Å². The van der Waals surface area contributed by atoms with Crippen molar-refractivity contribution in [2.24, 2.45) is 0 Å². The van der Waals surface area contributed by atoms with E-state index in [4.69, 9.17) is 4.74 Å². The van der Waals surface area contributed by atoms with E-state index in [-0.39, 0.29) is 12.5 Å². The average Bonchev–Trinajstić information content (AvgIpc) is 2.63. The average molecular weight is 351 g/mol. The van der Waals surface area contributed by atoms with E-state index >= 15 is 0 Å². The van der Waals surface area contributed by atoms with Crippen LogP contribution in [0.25, 0.3) is 0 Å². The number of amides is 1. The van der Waals surface area contributed by atoms with Gasteiger partial charge >= 0.3 is 0 Å². The Hall–Kier alpha value is -1.59. The SMILES string of the molecule is CCCCCCCCC(=O)NCCNC[C@@H](O)COc1ccccc1. The number of hydrogen-bond acceptors (Lipinski definition) is 4. The first-order valence-corrected chi connectivity index (χ1v) is 9.55. The summed E-state index contributed by atoms with van der Waals surface area (Å²) in [5, 5.41) is 15.9. The highest BCUT2D eigenvalue weighted by Crippen LogP contribution is 2.08. The Labute approximate surface area is 152 Å². The van der Waals surface area contributed by atoms with E-state index in [0.717, 1.165) is 18.6 Å². The van der Waals surface area contributed by atoms with E-state index in [0.29, 0.717) is 26.1 Å². The first kappa shape index (κ1) is 21.5.